The van der Waals surface area contributed by atoms with E-state index in [2.05, 4.69) is 0 Å². The third-order valence-corrected chi connectivity index (χ3v) is 5.96. The predicted molar refractivity (Wildman–Crippen MR) is 81.5 cm³/mol. The first-order valence-corrected chi connectivity index (χ1v) is 8.02. The van der Waals surface area contributed by atoms with Gasteiger partial charge in [-0.3, -0.25) is 9.59 Å². The fraction of sp³-hybridized carbons (Fsp3) is 0.556. The van der Waals surface area contributed by atoms with Gasteiger partial charge in [-0.05, 0) is 68.1 Å². The Labute approximate surface area is 125 Å². The molecule has 0 aromatic heterocycles. The number of ketones is 1. The summed E-state index contributed by atoms with van der Waals surface area (Å²) in [5.74, 6) is 1.59. The summed E-state index contributed by atoms with van der Waals surface area (Å²) in [6, 6.07) is 3.76. The van der Waals surface area contributed by atoms with E-state index in [1.54, 1.807) is 4.90 Å². The van der Waals surface area contributed by atoms with Crippen molar-refractivity contribution in [3.63, 3.8) is 0 Å². The van der Waals surface area contributed by atoms with E-state index in [9.17, 15) is 9.59 Å². The number of amides is 1. The van der Waals surface area contributed by atoms with E-state index in [0.717, 1.165) is 35.2 Å². The second-order valence-electron chi connectivity index (χ2n) is 7.08. The third kappa shape index (κ3) is 1.79. The van der Waals surface area contributed by atoms with Crippen molar-refractivity contribution in [1.82, 2.24) is 0 Å². The number of Topliss-reactive ketones (excluding diaryl/α,β-unsaturated/α-hetero) is 1. The molecule has 1 aromatic carbocycles. The number of carbonyl (C=O) groups excluding carboxylic acids is 2. The standard InChI is InChI=1S/C18H21NO2/c1-10-3-6-15-16(11(10)2)19(18(21)17(15)20)9-14-8-12-4-5-13(14)7-12/h3,6,12-14H,4-5,7-9H2,1-2H3. The van der Waals surface area contributed by atoms with Crippen LogP contribution in [-0.4, -0.2) is 18.2 Å². The second kappa shape index (κ2) is 4.43. The molecule has 0 radical (unpaired) electrons. The molecule has 2 fully saturated rings. The Bertz CT molecular complexity index is 649. The first-order chi connectivity index (χ1) is 10.1. The molecule has 0 N–H and O–H groups in total. The Morgan fingerprint density at radius 1 is 1.14 bits per heavy atom. The lowest BCUT2D eigenvalue weighted by atomic mass is 9.88. The molecule has 1 aliphatic heterocycles. The van der Waals surface area contributed by atoms with Crippen LogP contribution in [0.2, 0.25) is 0 Å². The molecule has 3 atom stereocenters. The normalized spacial score (nSPS) is 30.4. The number of fused-ring (bicyclic) bond motifs is 3. The average Bonchev–Trinajstić information content (AvgIpc) is 3.14. The maximum atomic E-state index is 12.4. The molecule has 0 spiro atoms. The van der Waals surface area contributed by atoms with Gasteiger partial charge in [-0.1, -0.05) is 12.5 Å². The van der Waals surface area contributed by atoms with Gasteiger partial charge in [0.1, 0.15) is 0 Å². The Kier molecular flexibility index (Phi) is 2.75. The van der Waals surface area contributed by atoms with E-state index < -0.39 is 0 Å². The summed E-state index contributed by atoms with van der Waals surface area (Å²) in [4.78, 5) is 26.4. The molecule has 21 heavy (non-hydrogen) atoms. The summed E-state index contributed by atoms with van der Waals surface area (Å²) in [6.07, 6.45) is 5.25. The van der Waals surface area contributed by atoms with Crippen LogP contribution in [0.5, 0.6) is 0 Å². The third-order valence-electron chi connectivity index (χ3n) is 5.96. The summed E-state index contributed by atoms with van der Waals surface area (Å²) in [5.41, 5.74) is 3.71. The van der Waals surface area contributed by atoms with Crippen LogP contribution in [-0.2, 0) is 4.79 Å². The molecular formula is C18H21NO2. The predicted octanol–water partition coefficient (Wildman–Crippen LogP) is 3.27. The molecule has 2 bridgehead atoms. The van der Waals surface area contributed by atoms with Crippen LogP contribution in [0.25, 0.3) is 0 Å². The molecule has 0 saturated heterocycles. The summed E-state index contributed by atoms with van der Waals surface area (Å²) in [7, 11) is 0. The van der Waals surface area contributed by atoms with Gasteiger partial charge in [0.25, 0.3) is 11.7 Å². The van der Waals surface area contributed by atoms with Gasteiger partial charge in [0.2, 0.25) is 0 Å². The van der Waals surface area contributed by atoms with Crippen molar-refractivity contribution < 1.29 is 9.59 Å². The fourth-order valence-electron chi connectivity index (χ4n) is 4.68. The maximum absolute atomic E-state index is 12.4. The van der Waals surface area contributed by atoms with Crippen LogP contribution in [0.1, 0.15) is 47.2 Å². The molecule has 3 heteroatoms. The summed E-state index contributed by atoms with van der Waals surface area (Å²) >= 11 is 0. The summed E-state index contributed by atoms with van der Waals surface area (Å²) in [5, 5.41) is 0. The van der Waals surface area contributed by atoms with Crippen LogP contribution in [0.15, 0.2) is 12.1 Å². The number of hydrogen-bond donors (Lipinski definition) is 0. The number of aryl methyl sites for hydroxylation is 1. The highest BCUT2D eigenvalue weighted by molar-refractivity contribution is 6.52. The molecule has 1 heterocycles. The molecule has 4 rings (SSSR count). The molecule has 3 nitrogen and oxygen atoms in total. The highest BCUT2D eigenvalue weighted by Crippen LogP contribution is 2.49. The van der Waals surface area contributed by atoms with Crippen molar-refractivity contribution in [3.05, 3.63) is 28.8 Å². The molecular weight excluding hydrogens is 262 g/mol. The number of hydrogen-bond acceptors (Lipinski definition) is 2. The Morgan fingerprint density at radius 3 is 2.62 bits per heavy atom. The Morgan fingerprint density at radius 2 is 1.95 bits per heavy atom. The number of rotatable bonds is 2. The van der Waals surface area contributed by atoms with Gasteiger partial charge < -0.3 is 4.90 Å². The largest absolute Gasteiger partial charge is 0.304 e. The smallest absolute Gasteiger partial charge is 0.299 e. The molecule has 2 saturated carbocycles. The van der Waals surface area contributed by atoms with Gasteiger partial charge in [0.15, 0.2) is 0 Å². The molecule has 3 unspecified atom stereocenters. The van der Waals surface area contributed by atoms with E-state index >= 15 is 0 Å². The highest BCUT2D eigenvalue weighted by atomic mass is 16.2. The molecule has 1 amide bonds. The molecule has 2 aliphatic carbocycles. The second-order valence-corrected chi connectivity index (χ2v) is 7.08. The maximum Gasteiger partial charge on any atom is 0.299 e. The van der Waals surface area contributed by atoms with Gasteiger partial charge >= 0.3 is 0 Å². The number of anilines is 1. The van der Waals surface area contributed by atoms with E-state index in [4.69, 9.17) is 0 Å². The van der Waals surface area contributed by atoms with Crippen LogP contribution >= 0.6 is 0 Å². The van der Waals surface area contributed by atoms with Gasteiger partial charge in [-0.25, -0.2) is 0 Å². The summed E-state index contributed by atoms with van der Waals surface area (Å²) in [6.45, 7) is 4.80. The lowest BCUT2D eigenvalue weighted by Crippen LogP contribution is -2.36. The zero-order valence-corrected chi connectivity index (χ0v) is 12.7. The topological polar surface area (TPSA) is 37.4 Å². The minimum absolute atomic E-state index is 0.318. The SMILES string of the molecule is Cc1ccc2c(c1C)N(CC1CC3CCC1C3)C(=O)C2=O. The highest BCUT2D eigenvalue weighted by Gasteiger charge is 2.44. The van der Waals surface area contributed by atoms with E-state index in [1.165, 1.54) is 25.7 Å². The van der Waals surface area contributed by atoms with Gasteiger partial charge in [0, 0.05) is 6.54 Å². The average molecular weight is 283 g/mol. The minimum Gasteiger partial charge on any atom is -0.304 e. The van der Waals surface area contributed by atoms with E-state index in [1.807, 2.05) is 26.0 Å². The molecule has 3 aliphatic rings. The van der Waals surface area contributed by atoms with Crippen LogP contribution in [0, 0.1) is 31.6 Å². The van der Waals surface area contributed by atoms with Crippen molar-refractivity contribution >= 4 is 17.4 Å². The lowest BCUT2D eigenvalue weighted by molar-refractivity contribution is -0.114. The first-order valence-electron chi connectivity index (χ1n) is 8.02. The quantitative estimate of drug-likeness (QED) is 0.781. The van der Waals surface area contributed by atoms with Crippen LogP contribution in [0.3, 0.4) is 0 Å². The monoisotopic (exact) mass is 283 g/mol. The van der Waals surface area contributed by atoms with Crippen molar-refractivity contribution in [2.24, 2.45) is 17.8 Å². The Balaban J connectivity index is 1.69. The van der Waals surface area contributed by atoms with Gasteiger partial charge in [-0.2, -0.15) is 0 Å². The number of nitrogens with zero attached hydrogens (tertiary/aromatic N) is 1. The zero-order chi connectivity index (χ0) is 14.7. The van der Waals surface area contributed by atoms with Gasteiger partial charge in [-0.15, -0.1) is 0 Å². The number of carbonyl (C=O) groups is 2. The first kappa shape index (κ1) is 13.1. The Hall–Kier alpha value is -1.64. The minimum atomic E-state index is -0.323. The fourth-order valence-corrected chi connectivity index (χ4v) is 4.68. The molecule has 110 valence electrons. The summed E-state index contributed by atoms with van der Waals surface area (Å²) < 4.78 is 0. The van der Waals surface area contributed by atoms with Gasteiger partial charge in [0.05, 0.1) is 11.3 Å². The number of benzene rings is 1. The molecule has 1 aromatic rings. The van der Waals surface area contributed by atoms with E-state index in [0.29, 0.717) is 11.5 Å². The van der Waals surface area contributed by atoms with Crippen molar-refractivity contribution in [1.29, 1.82) is 0 Å². The van der Waals surface area contributed by atoms with E-state index in [-0.39, 0.29) is 11.7 Å². The zero-order valence-electron chi connectivity index (χ0n) is 12.7. The lowest BCUT2D eigenvalue weighted by Gasteiger charge is -2.28. The van der Waals surface area contributed by atoms with Crippen LogP contribution in [0.4, 0.5) is 5.69 Å². The van der Waals surface area contributed by atoms with Crippen molar-refractivity contribution in [2.45, 2.75) is 39.5 Å². The van der Waals surface area contributed by atoms with Crippen molar-refractivity contribution in [2.75, 3.05) is 11.4 Å². The van der Waals surface area contributed by atoms with Crippen LogP contribution < -0.4 is 4.90 Å². The van der Waals surface area contributed by atoms with Crippen molar-refractivity contribution in [3.8, 4) is 0 Å².